The molecule has 2 aromatic rings. The van der Waals surface area contributed by atoms with Gasteiger partial charge in [0.15, 0.2) is 0 Å². The minimum absolute atomic E-state index is 0.0451. The molecule has 12 heteroatoms. The summed E-state index contributed by atoms with van der Waals surface area (Å²) in [5, 5.41) is 19.1. The van der Waals surface area contributed by atoms with Gasteiger partial charge in [0, 0.05) is 29.7 Å². The van der Waals surface area contributed by atoms with Crippen molar-refractivity contribution < 1.29 is 19.5 Å². The zero-order valence-electron chi connectivity index (χ0n) is 25.7. The van der Waals surface area contributed by atoms with Crippen LogP contribution in [-0.4, -0.2) is 106 Å². The third-order valence-electron chi connectivity index (χ3n) is 9.63. The Hall–Kier alpha value is -2.70. The summed E-state index contributed by atoms with van der Waals surface area (Å²) in [7, 11) is 0. The van der Waals surface area contributed by atoms with Crippen molar-refractivity contribution in [2.24, 2.45) is 17.8 Å². The Kier molecular flexibility index (Phi) is 9.91. The second-order valence-corrected chi connectivity index (χ2v) is 14.9. The highest BCUT2D eigenvalue weighted by Crippen LogP contribution is 2.68. The lowest BCUT2D eigenvalue weighted by Gasteiger charge is -2.41. The number of aromatic nitrogens is 3. The molecular weight excluding hydrogens is 644 g/mol. The molecule has 0 aliphatic carbocycles. The molecule has 44 heavy (non-hydrogen) atoms. The number of likely N-dealkylation sites (tertiary alicyclic amines) is 1. The third-order valence-corrected chi connectivity index (χ3v) is 12.9. The first kappa shape index (κ1) is 32.7. The van der Waals surface area contributed by atoms with Crippen LogP contribution in [0.1, 0.15) is 40.0 Å². The van der Waals surface area contributed by atoms with Crippen molar-refractivity contribution >= 4 is 56.4 Å². The number of halogens is 1. The SMILES string of the molecule is C=CCN(Cn1nnc2ccccc21)C(=O)C1N([C@@H](CO)[C@@H](C)CC)C(=O)[C@@H]2[C@H](C(=O)N(CC=C)CCC)[C@H]3SC12CC3Br. The van der Waals surface area contributed by atoms with Crippen LogP contribution in [0.25, 0.3) is 11.0 Å². The molecule has 0 saturated carbocycles. The second-order valence-electron chi connectivity index (χ2n) is 12.2. The van der Waals surface area contributed by atoms with Crippen LogP contribution in [0, 0.1) is 17.8 Å². The third kappa shape index (κ3) is 5.30. The van der Waals surface area contributed by atoms with Crippen LogP contribution in [-0.2, 0) is 21.1 Å². The lowest BCUT2D eigenvalue weighted by atomic mass is 9.70. The molecule has 2 bridgehead atoms. The lowest BCUT2D eigenvalue weighted by Crippen LogP contribution is -2.59. The van der Waals surface area contributed by atoms with Gasteiger partial charge in [-0.15, -0.1) is 30.0 Å². The largest absolute Gasteiger partial charge is 0.394 e. The van der Waals surface area contributed by atoms with Crippen LogP contribution in [0.2, 0.25) is 0 Å². The number of alkyl halides is 1. The molecule has 3 fully saturated rings. The summed E-state index contributed by atoms with van der Waals surface area (Å²) in [6.07, 6.45) is 5.46. The normalized spacial score (nSPS) is 28.6. The lowest BCUT2D eigenvalue weighted by molar-refractivity contribution is -0.148. The quantitative estimate of drug-likeness (QED) is 0.238. The molecule has 10 nitrogen and oxygen atoms in total. The van der Waals surface area contributed by atoms with Crippen molar-refractivity contribution in [2.75, 3.05) is 26.2 Å². The number of benzene rings is 1. The molecular formula is C32H43BrN6O4S. The predicted octanol–water partition coefficient (Wildman–Crippen LogP) is 3.70. The Morgan fingerprint density at radius 1 is 1.20 bits per heavy atom. The van der Waals surface area contributed by atoms with Gasteiger partial charge in [0.2, 0.25) is 17.7 Å². The zero-order chi connectivity index (χ0) is 31.8. The summed E-state index contributed by atoms with van der Waals surface area (Å²) in [4.78, 5) is 48.9. The fraction of sp³-hybridized carbons (Fsp3) is 0.594. The maximum absolute atomic E-state index is 14.9. The fourth-order valence-electron chi connectivity index (χ4n) is 7.46. The minimum atomic E-state index is -0.868. The van der Waals surface area contributed by atoms with Crippen LogP contribution in [0.5, 0.6) is 0 Å². The van der Waals surface area contributed by atoms with Crippen LogP contribution < -0.4 is 0 Å². The molecule has 1 aromatic heterocycles. The van der Waals surface area contributed by atoms with E-state index in [1.54, 1.807) is 43.3 Å². The Morgan fingerprint density at radius 2 is 1.91 bits per heavy atom. The van der Waals surface area contributed by atoms with E-state index in [0.29, 0.717) is 19.5 Å². The van der Waals surface area contributed by atoms with Crippen molar-refractivity contribution in [1.82, 2.24) is 29.7 Å². The number of amides is 3. The maximum atomic E-state index is 14.9. The average molecular weight is 688 g/mol. The highest BCUT2D eigenvalue weighted by Gasteiger charge is 2.76. The maximum Gasteiger partial charge on any atom is 0.248 e. The Morgan fingerprint density at radius 3 is 2.57 bits per heavy atom. The van der Waals surface area contributed by atoms with Gasteiger partial charge in [-0.25, -0.2) is 4.68 Å². The zero-order valence-corrected chi connectivity index (χ0v) is 28.1. The summed E-state index contributed by atoms with van der Waals surface area (Å²) in [6.45, 7) is 14.8. The fourth-order valence-corrected chi connectivity index (χ4v) is 11.0. The van der Waals surface area contributed by atoms with E-state index in [2.05, 4.69) is 39.4 Å². The number of para-hydroxylation sites is 1. The molecule has 238 valence electrons. The summed E-state index contributed by atoms with van der Waals surface area (Å²) < 4.78 is 0.853. The van der Waals surface area contributed by atoms with Crippen molar-refractivity contribution in [2.45, 2.75) is 73.6 Å². The first-order valence-electron chi connectivity index (χ1n) is 15.5. The molecule has 1 N–H and O–H groups in total. The van der Waals surface area contributed by atoms with Crippen LogP contribution in [0.4, 0.5) is 0 Å². The Bertz CT molecular complexity index is 1420. The average Bonchev–Trinajstić information content (AvgIpc) is 3.74. The van der Waals surface area contributed by atoms with Crippen molar-refractivity contribution in [3.05, 3.63) is 49.6 Å². The number of aliphatic hydroxyl groups excluding tert-OH is 1. The summed E-state index contributed by atoms with van der Waals surface area (Å²) in [5.41, 5.74) is 1.51. The van der Waals surface area contributed by atoms with Gasteiger partial charge in [0.05, 0.1) is 34.7 Å². The van der Waals surface area contributed by atoms with Crippen molar-refractivity contribution in [3.8, 4) is 0 Å². The van der Waals surface area contributed by atoms with Gasteiger partial charge in [-0.3, -0.25) is 14.4 Å². The molecule has 3 aliphatic rings. The summed E-state index contributed by atoms with van der Waals surface area (Å²) in [6, 6.07) is 6.12. The second kappa shape index (κ2) is 13.3. The minimum Gasteiger partial charge on any atom is -0.394 e. The summed E-state index contributed by atoms with van der Waals surface area (Å²) >= 11 is 5.48. The van der Waals surface area contributed by atoms with Crippen molar-refractivity contribution in [3.63, 3.8) is 0 Å². The van der Waals surface area contributed by atoms with E-state index < -0.39 is 28.7 Å². The Labute approximate surface area is 272 Å². The smallest absolute Gasteiger partial charge is 0.248 e. The van der Waals surface area contributed by atoms with E-state index in [0.717, 1.165) is 23.9 Å². The monoisotopic (exact) mass is 686 g/mol. The van der Waals surface area contributed by atoms with Gasteiger partial charge in [0.1, 0.15) is 18.2 Å². The van der Waals surface area contributed by atoms with Gasteiger partial charge < -0.3 is 19.8 Å². The van der Waals surface area contributed by atoms with E-state index in [4.69, 9.17) is 0 Å². The molecule has 4 heterocycles. The first-order chi connectivity index (χ1) is 21.2. The molecule has 8 atom stereocenters. The first-order valence-corrected chi connectivity index (χ1v) is 17.3. The number of thioether (sulfide) groups is 1. The van der Waals surface area contributed by atoms with E-state index in [9.17, 15) is 19.5 Å². The van der Waals surface area contributed by atoms with Crippen molar-refractivity contribution in [1.29, 1.82) is 0 Å². The summed E-state index contributed by atoms with van der Waals surface area (Å²) in [5.74, 6) is -1.83. The number of rotatable bonds is 14. The van der Waals surface area contributed by atoms with Gasteiger partial charge >= 0.3 is 0 Å². The van der Waals surface area contributed by atoms with E-state index in [-0.39, 0.29) is 53.5 Å². The highest BCUT2D eigenvalue weighted by atomic mass is 79.9. The number of aliphatic hydroxyl groups is 1. The molecule has 5 rings (SSSR count). The van der Waals surface area contributed by atoms with Gasteiger partial charge in [0.25, 0.3) is 0 Å². The van der Waals surface area contributed by atoms with E-state index in [1.165, 1.54) is 0 Å². The van der Waals surface area contributed by atoms with Gasteiger partial charge in [-0.1, -0.05) is 72.6 Å². The number of hydrogen-bond donors (Lipinski definition) is 1. The van der Waals surface area contributed by atoms with Crippen LogP contribution in [0.3, 0.4) is 0 Å². The molecule has 3 unspecified atom stereocenters. The van der Waals surface area contributed by atoms with E-state index >= 15 is 0 Å². The molecule has 3 amide bonds. The predicted molar refractivity (Wildman–Crippen MR) is 176 cm³/mol. The molecule has 3 saturated heterocycles. The van der Waals surface area contributed by atoms with Crippen LogP contribution >= 0.6 is 27.7 Å². The number of nitrogens with zero attached hydrogens (tertiary/aromatic N) is 6. The molecule has 0 radical (unpaired) electrons. The van der Waals surface area contributed by atoms with Crippen LogP contribution in [0.15, 0.2) is 49.6 Å². The van der Waals surface area contributed by atoms with Gasteiger partial charge in [-0.05, 0) is 30.9 Å². The van der Waals surface area contributed by atoms with E-state index in [1.807, 2.05) is 45.0 Å². The molecule has 1 spiro atoms. The Balaban J connectivity index is 1.60. The molecule has 1 aromatic carbocycles. The number of carbonyl (C=O) groups is 3. The number of carbonyl (C=O) groups excluding carboxylic acids is 3. The standard InChI is InChI=1S/C32H43BrN6O4S/c1-6-14-36(15-7-2)29(41)25-26-30(42)39(24(18-40)20(5)9-4)28(32(26)17-21(33)27(25)44-32)31(43)37(16-8-3)19-38-23-13-11-10-12-22(23)34-35-38/h6,8,10-13,20-21,24-28,40H,1,3,7,9,14-19H2,2,4-5H3/t20-,21?,24-,25-,26-,27-,28?,32?/m0/s1. The number of fused-ring (bicyclic) bond motifs is 2. The topological polar surface area (TPSA) is 112 Å². The molecule has 3 aliphatic heterocycles. The van der Waals surface area contributed by atoms with Gasteiger partial charge in [-0.2, -0.15) is 0 Å². The number of hydrogen-bond acceptors (Lipinski definition) is 7. The highest BCUT2D eigenvalue weighted by molar-refractivity contribution is 9.09.